The summed E-state index contributed by atoms with van der Waals surface area (Å²) in [4.78, 5) is 17.6. The third-order valence-electron chi connectivity index (χ3n) is 2.95. The number of nitrogens with zero attached hydrogens (tertiary/aromatic N) is 4. The highest BCUT2D eigenvalue weighted by Gasteiger charge is 2.08. The molecule has 0 radical (unpaired) electrons. The molecule has 2 heterocycles. The first-order chi connectivity index (χ1) is 9.72. The molecule has 0 bridgehead atoms. The number of aromatic nitrogens is 4. The van der Waals surface area contributed by atoms with Gasteiger partial charge in [0.25, 0.3) is 0 Å². The van der Waals surface area contributed by atoms with Gasteiger partial charge < -0.3 is 0 Å². The highest BCUT2D eigenvalue weighted by molar-refractivity contribution is 5.59. The van der Waals surface area contributed by atoms with E-state index in [4.69, 9.17) is 0 Å². The Morgan fingerprint density at radius 2 is 1.50 bits per heavy atom. The van der Waals surface area contributed by atoms with Crippen LogP contribution in [0, 0.1) is 13.8 Å². The van der Waals surface area contributed by atoms with E-state index < -0.39 is 0 Å². The molecule has 4 nitrogen and oxygen atoms in total. The van der Waals surface area contributed by atoms with Crippen molar-refractivity contribution in [2.75, 3.05) is 0 Å². The van der Waals surface area contributed by atoms with Gasteiger partial charge in [-0.25, -0.2) is 15.0 Å². The van der Waals surface area contributed by atoms with Crippen LogP contribution in [0.2, 0.25) is 0 Å². The molecular formula is C16H14N4. The van der Waals surface area contributed by atoms with Crippen LogP contribution in [0.25, 0.3) is 22.9 Å². The van der Waals surface area contributed by atoms with E-state index in [0.29, 0.717) is 17.5 Å². The molecule has 0 aliphatic carbocycles. The molecule has 3 aromatic rings. The summed E-state index contributed by atoms with van der Waals surface area (Å²) in [6.45, 7) is 3.92. The van der Waals surface area contributed by atoms with Crippen LogP contribution in [0.3, 0.4) is 0 Å². The number of rotatable bonds is 2. The smallest absolute Gasteiger partial charge is 0.182 e. The molecule has 0 spiro atoms. The molecule has 4 heteroatoms. The zero-order chi connectivity index (χ0) is 13.9. The van der Waals surface area contributed by atoms with Gasteiger partial charge in [0.05, 0.1) is 0 Å². The van der Waals surface area contributed by atoms with Crippen molar-refractivity contribution in [3.63, 3.8) is 0 Å². The van der Waals surface area contributed by atoms with Crippen molar-refractivity contribution in [3.05, 3.63) is 60.0 Å². The summed E-state index contributed by atoms with van der Waals surface area (Å²) in [5.74, 6) is 1.98. The van der Waals surface area contributed by atoms with Crippen LogP contribution in [0.4, 0.5) is 0 Å². The van der Waals surface area contributed by atoms with Crippen LogP contribution in [-0.2, 0) is 0 Å². The van der Waals surface area contributed by atoms with Gasteiger partial charge in [0.1, 0.15) is 11.5 Å². The Bertz CT molecular complexity index is 721. The summed E-state index contributed by atoms with van der Waals surface area (Å²) in [6.07, 6.45) is 1.74. The van der Waals surface area contributed by atoms with E-state index in [1.165, 1.54) is 5.56 Å². The fourth-order valence-electron chi connectivity index (χ4n) is 1.92. The standard InChI is InChI=1S/C16H14N4/c1-11-6-8-13(9-7-11)15-18-12(2)19-16(20-15)14-5-3-4-10-17-14/h3-10H,1-2H3. The first-order valence-corrected chi connectivity index (χ1v) is 6.43. The minimum Gasteiger partial charge on any atom is -0.253 e. The first-order valence-electron chi connectivity index (χ1n) is 6.43. The Morgan fingerprint density at radius 1 is 0.750 bits per heavy atom. The average Bonchev–Trinajstić information content (AvgIpc) is 2.48. The van der Waals surface area contributed by atoms with Crippen molar-refractivity contribution < 1.29 is 0 Å². The van der Waals surface area contributed by atoms with E-state index in [-0.39, 0.29) is 0 Å². The summed E-state index contributed by atoms with van der Waals surface area (Å²) in [5.41, 5.74) is 2.95. The SMILES string of the molecule is Cc1ccc(-c2nc(C)nc(-c3ccccn3)n2)cc1. The largest absolute Gasteiger partial charge is 0.253 e. The average molecular weight is 262 g/mol. The van der Waals surface area contributed by atoms with Crippen molar-refractivity contribution >= 4 is 0 Å². The third kappa shape index (κ3) is 2.54. The zero-order valence-corrected chi connectivity index (χ0v) is 11.4. The number of hydrogen-bond donors (Lipinski definition) is 0. The molecule has 0 amide bonds. The van der Waals surface area contributed by atoms with Gasteiger partial charge in [-0.1, -0.05) is 35.9 Å². The molecule has 0 unspecified atom stereocenters. The first kappa shape index (κ1) is 12.4. The molecule has 0 saturated heterocycles. The van der Waals surface area contributed by atoms with Gasteiger partial charge in [-0.05, 0) is 26.0 Å². The molecule has 20 heavy (non-hydrogen) atoms. The highest BCUT2D eigenvalue weighted by Crippen LogP contribution is 2.19. The monoisotopic (exact) mass is 262 g/mol. The van der Waals surface area contributed by atoms with E-state index in [0.717, 1.165) is 11.3 Å². The summed E-state index contributed by atoms with van der Waals surface area (Å²) in [5, 5.41) is 0. The topological polar surface area (TPSA) is 51.6 Å². The molecule has 3 rings (SSSR count). The Hall–Kier alpha value is -2.62. The second-order valence-electron chi connectivity index (χ2n) is 4.61. The van der Waals surface area contributed by atoms with Crippen molar-refractivity contribution in [2.45, 2.75) is 13.8 Å². The molecule has 0 saturated carbocycles. The van der Waals surface area contributed by atoms with E-state index >= 15 is 0 Å². The van der Waals surface area contributed by atoms with Crippen molar-refractivity contribution in [2.24, 2.45) is 0 Å². The van der Waals surface area contributed by atoms with Crippen molar-refractivity contribution in [1.29, 1.82) is 0 Å². The van der Waals surface area contributed by atoms with Gasteiger partial charge in [-0.3, -0.25) is 4.98 Å². The van der Waals surface area contributed by atoms with Gasteiger partial charge in [0.15, 0.2) is 11.6 Å². The van der Waals surface area contributed by atoms with Crippen molar-refractivity contribution in [1.82, 2.24) is 19.9 Å². The maximum Gasteiger partial charge on any atom is 0.182 e. The molecule has 0 atom stereocenters. The van der Waals surface area contributed by atoms with Gasteiger partial charge in [-0.15, -0.1) is 0 Å². The third-order valence-corrected chi connectivity index (χ3v) is 2.95. The molecule has 1 aromatic carbocycles. The van der Waals surface area contributed by atoms with E-state index in [2.05, 4.69) is 39.0 Å². The molecule has 0 aliphatic heterocycles. The summed E-state index contributed by atoms with van der Waals surface area (Å²) in [6, 6.07) is 13.8. The predicted octanol–water partition coefficient (Wildman–Crippen LogP) is 3.22. The highest BCUT2D eigenvalue weighted by atomic mass is 15.0. The minimum absolute atomic E-state index is 0.605. The van der Waals surface area contributed by atoms with E-state index in [1.807, 2.05) is 37.3 Å². The summed E-state index contributed by atoms with van der Waals surface area (Å²) in [7, 11) is 0. The van der Waals surface area contributed by atoms with Gasteiger partial charge >= 0.3 is 0 Å². The van der Waals surface area contributed by atoms with Crippen molar-refractivity contribution in [3.8, 4) is 22.9 Å². The lowest BCUT2D eigenvalue weighted by molar-refractivity contribution is 0.983. The maximum absolute atomic E-state index is 4.52. The lowest BCUT2D eigenvalue weighted by Gasteiger charge is -2.05. The van der Waals surface area contributed by atoms with Crippen LogP contribution in [0.1, 0.15) is 11.4 Å². The molecule has 2 aromatic heterocycles. The fourth-order valence-corrected chi connectivity index (χ4v) is 1.92. The lowest BCUT2D eigenvalue weighted by Crippen LogP contribution is -2.00. The minimum atomic E-state index is 0.605. The normalized spacial score (nSPS) is 10.5. The van der Waals surface area contributed by atoms with Crippen LogP contribution >= 0.6 is 0 Å². The fraction of sp³-hybridized carbons (Fsp3) is 0.125. The van der Waals surface area contributed by atoms with Crippen LogP contribution in [-0.4, -0.2) is 19.9 Å². The molecular weight excluding hydrogens is 248 g/mol. The Labute approximate surface area is 117 Å². The predicted molar refractivity (Wildman–Crippen MR) is 78.0 cm³/mol. The summed E-state index contributed by atoms with van der Waals surface area (Å²) < 4.78 is 0. The summed E-state index contributed by atoms with van der Waals surface area (Å²) >= 11 is 0. The maximum atomic E-state index is 4.52. The van der Waals surface area contributed by atoms with Gasteiger partial charge in [-0.2, -0.15) is 0 Å². The van der Waals surface area contributed by atoms with Gasteiger partial charge in [0.2, 0.25) is 0 Å². The second-order valence-corrected chi connectivity index (χ2v) is 4.61. The van der Waals surface area contributed by atoms with Crippen LogP contribution in [0.5, 0.6) is 0 Å². The molecule has 0 aliphatic rings. The number of pyridine rings is 1. The number of benzene rings is 1. The number of aryl methyl sites for hydroxylation is 2. The Balaban J connectivity index is 2.09. The molecule has 0 N–H and O–H groups in total. The van der Waals surface area contributed by atoms with Crippen LogP contribution < -0.4 is 0 Å². The zero-order valence-electron chi connectivity index (χ0n) is 11.4. The van der Waals surface area contributed by atoms with Crippen LogP contribution in [0.15, 0.2) is 48.7 Å². The number of hydrogen-bond acceptors (Lipinski definition) is 4. The Morgan fingerprint density at radius 3 is 2.20 bits per heavy atom. The molecule has 98 valence electrons. The molecule has 0 fully saturated rings. The van der Waals surface area contributed by atoms with E-state index in [1.54, 1.807) is 6.20 Å². The Kier molecular flexibility index (Phi) is 3.21. The van der Waals surface area contributed by atoms with Gasteiger partial charge in [0, 0.05) is 11.8 Å². The van der Waals surface area contributed by atoms with E-state index in [9.17, 15) is 0 Å². The second kappa shape index (κ2) is 5.17. The quantitative estimate of drug-likeness (QED) is 0.711. The lowest BCUT2D eigenvalue weighted by atomic mass is 10.1.